The summed E-state index contributed by atoms with van der Waals surface area (Å²) < 4.78 is 15.8. The molecule has 0 saturated carbocycles. The predicted molar refractivity (Wildman–Crippen MR) is 100 cm³/mol. The van der Waals surface area contributed by atoms with Gasteiger partial charge in [0, 0.05) is 11.3 Å². The topological polar surface area (TPSA) is 117 Å². The molecule has 0 radical (unpaired) electrons. The number of esters is 1. The van der Waals surface area contributed by atoms with Crippen LogP contribution in [0, 0.1) is 0 Å². The number of benzene rings is 2. The number of carbonyl (C=O) groups excluding carboxylic acids is 3. The summed E-state index contributed by atoms with van der Waals surface area (Å²) in [6.45, 7) is 0. The lowest BCUT2D eigenvalue weighted by Crippen LogP contribution is -2.16. The molecule has 146 valence electrons. The number of hydrogen-bond donors (Lipinski definition) is 2. The van der Waals surface area contributed by atoms with Gasteiger partial charge in [0.25, 0.3) is 0 Å². The summed E-state index contributed by atoms with van der Waals surface area (Å²) in [4.78, 5) is 35.8. The number of methoxy groups -OCH3 is 2. The molecule has 1 aliphatic rings. The molecule has 0 aliphatic carbocycles. The van der Waals surface area contributed by atoms with Crippen molar-refractivity contribution < 1.29 is 28.6 Å². The van der Waals surface area contributed by atoms with Gasteiger partial charge < -0.3 is 25.3 Å². The molecule has 0 bridgehead atoms. The molecule has 0 fully saturated rings. The molecule has 0 spiro atoms. The average Bonchev–Trinajstić information content (AvgIpc) is 2.96. The molecule has 2 aromatic carbocycles. The number of fused-ring (bicyclic) bond motifs is 1. The van der Waals surface area contributed by atoms with Gasteiger partial charge in [0.05, 0.1) is 27.1 Å². The lowest BCUT2D eigenvalue weighted by Gasteiger charge is -2.13. The summed E-state index contributed by atoms with van der Waals surface area (Å²) in [5.74, 6) is -0.660. The fourth-order valence-electron chi connectivity index (χ4n) is 3.16. The lowest BCUT2D eigenvalue weighted by atomic mass is 10.0. The van der Waals surface area contributed by atoms with Crippen molar-refractivity contribution in [1.82, 2.24) is 0 Å². The van der Waals surface area contributed by atoms with Crippen LogP contribution in [0.3, 0.4) is 0 Å². The van der Waals surface area contributed by atoms with E-state index in [1.807, 2.05) is 0 Å². The van der Waals surface area contributed by atoms with Crippen LogP contribution in [-0.2, 0) is 20.7 Å². The molecule has 0 saturated heterocycles. The zero-order chi connectivity index (χ0) is 20.3. The van der Waals surface area contributed by atoms with Crippen LogP contribution in [-0.4, -0.2) is 32.0 Å². The molecule has 3 rings (SSSR count). The van der Waals surface area contributed by atoms with Gasteiger partial charge in [-0.15, -0.1) is 0 Å². The number of primary amides is 1. The molecule has 1 unspecified atom stereocenters. The van der Waals surface area contributed by atoms with Gasteiger partial charge in [-0.2, -0.15) is 0 Å². The van der Waals surface area contributed by atoms with Gasteiger partial charge in [0.15, 0.2) is 11.5 Å². The van der Waals surface area contributed by atoms with Crippen LogP contribution in [0.4, 0.5) is 5.69 Å². The Balaban J connectivity index is 1.75. The van der Waals surface area contributed by atoms with Gasteiger partial charge in [-0.25, -0.2) is 4.79 Å². The Morgan fingerprint density at radius 1 is 1.18 bits per heavy atom. The van der Waals surface area contributed by atoms with Gasteiger partial charge in [0.1, 0.15) is 11.7 Å². The minimum atomic E-state index is -0.726. The largest absolute Gasteiger partial charge is 0.493 e. The van der Waals surface area contributed by atoms with E-state index in [1.54, 1.807) is 36.4 Å². The minimum absolute atomic E-state index is 0.0612. The molecule has 8 nitrogen and oxygen atoms in total. The Kier molecular flexibility index (Phi) is 5.49. The van der Waals surface area contributed by atoms with E-state index in [9.17, 15) is 14.4 Å². The van der Waals surface area contributed by atoms with Crippen molar-refractivity contribution in [3.8, 4) is 11.5 Å². The van der Waals surface area contributed by atoms with Crippen LogP contribution in [0.5, 0.6) is 11.5 Å². The molecule has 2 amide bonds. The first-order valence-corrected chi connectivity index (χ1v) is 8.56. The van der Waals surface area contributed by atoms with Crippen molar-refractivity contribution in [3.05, 3.63) is 53.1 Å². The second-order valence-corrected chi connectivity index (χ2v) is 6.26. The van der Waals surface area contributed by atoms with Crippen molar-refractivity contribution in [2.75, 3.05) is 19.5 Å². The molecule has 0 aromatic heterocycles. The second kappa shape index (κ2) is 7.99. The van der Waals surface area contributed by atoms with Crippen molar-refractivity contribution in [1.29, 1.82) is 0 Å². The Hall–Kier alpha value is -3.55. The molecule has 8 heteroatoms. The third kappa shape index (κ3) is 3.90. The lowest BCUT2D eigenvalue weighted by molar-refractivity contribution is -0.118. The van der Waals surface area contributed by atoms with Gasteiger partial charge in [-0.3, -0.25) is 9.59 Å². The van der Waals surface area contributed by atoms with Crippen LogP contribution in [0.15, 0.2) is 36.4 Å². The maximum Gasteiger partial charge on any atom is 0.343 e. The summed E-state index contributed by atoms with van der Waals surface area (Å²) in [5, 5.41) is 2.74. The molecule has 1 aliphatic heterocycles. The Morgan fingerprint density at radius 2 is 1.96 bits per heavy atom. The number of cyclic esters (lactones) is 1. The molecule has 1 heterocycles. The Bertz CT molecular complexity index is 940. The highest BCUT2D eigenvalue weighted by atomic mass is 16.6. The van der Waals surface area contributed by atoms with E-state index >= 15 is 0 Å². The minimum Gasteiger partial charge on any atom is -0.493 e. The van der Waals surface area contributed by atoms with Crippen LogP contribution >= 0.6 is 0 Å². The van der Waals surface area contributed by atoms with E-state index in [2.05, 4.69) is 5.32 Å². The number of amides is 2. The summed E-state index contributed by atoms with van der Waals surface area (Å²) in [6.07, 6.45) is -0.705. The fourth-order valence-corrected chi connectivity index (χ4v) is 3.16. The van der Waals surface area contributed by atoms with E-state index in [1.165, 1.54) is 14.2 Å². The highest BCUT2D eigenvalue weighted by Crippen LogP contribution is 2.43. The highest BCUT2D eigenvalue weighted by molar-refractivity contribution is 5.99. The molecule has 3 N–H and O–H groups in total. The fraction of sp³-hybridized carbons (Fsp3) is 0.250. The zero-order valence-electron chi connectivity index (χ0n) is 15.5. The quantitative estimate of drug-likeness (QED) is 0.705. The molecule has 1 atom stereocenters. The van der Waals surface area contributed by atoms with Gasteiger partial charge in [0.2, 0.25) is 11.8 Å². The average molecular weight is 384 g/mol. The monoisotopic (exact) mass is 384 g/mol. The smallest absolute Gasteiger partial charge is 0.343 e. The summed E-state index contributed by atoms with van der Waals surface area (Å²) in [6, 6.07) is 10.2. The van der Waals surface area contributed by atoms with Gasteiger partial charge in [-0.1, -0.05) is 18.2 Å². The summed E-state index contributed by atoms with van der Waals surface area (Å²) in [5.41, 5.74) is 7.25. The number of nitrogens with one attached hydrogen (secondary N) is 1. The zero-order valence-corrected chi connectivity index (χ0v) is 15.5. The normalized spacial score (nSPS) is 14.8. The number of rotatable bonds is 7. The molecular weight excluding hydrogens is 364 g/mol. The van der Waals surface area contributed by atoms with Crippen LogP contribution in [0.1, 0.15) is 34.0 Å². The molecule has 28 heavy (non-hydrogen) atoms. The first kappa shape index (κ1) is 19.2. The van der Waals surface area contributed by atoms with E-state index in [0.717, 1.165) is 0 Å². The Labute approximate surface area is 161 Å². The maximum atomic E-state index is 12.4. The predicted octanol–water partition coefficient (Wildman–Crippen LogP) is 1.97. The van der Waals surface area contributed by atoms with Gasteiger partial charge in [-0.05, 0) is 23.8 Å². The summed E-state index contributed by atoms with van der Waals surface area (Å²) >= 11 is 0. The first-order valence-electron chi connectivity index (χ1n) is 8.56. The second-order valence-electron chi connectivity index (χ2n) is 6.26. The van der Waals surface area contributed by atoms with Crippen LogP contribution in [0.25, 0.3) is 0 Å². The van der Waals surface area contributed by atoms with Crippen molar-refractivity contribution in [3.63, 3.8) is 0 Å². The van der Waals surface area contributed by atoms with E-state index < -0.39 is 18.0 Å². The third-order valence-corrected chi connectivity index (χ3v) is 4.34. The van der Waals surface area contributed by atoms with Gasteiger partial charge >= 0.3 is 5.97 Å². The van der Waals surface area contributed by atoms with Crippen molar-refractivity contribution in [2.24, 2.45) is 5.73 Å². The third-order valence-electron chi connectivity index (χ3n) is 4.34. The number of ether oxygens (including phenoxy) is 3. The SMILES string of the molecule is COc1ccc2c(c1OC)C(=O)OC2CC(=O)Nc1cccc(CC(N)=O)c1. The van der Waals surface area contributed by atoms with E-state index in [0.29, 0.717) is 22.6 Å². The van der Waals surface area contributed by atoms with Crippen molar-refractivity contribution >= 4 is 23.5 Å². The standard InChI is InChI=1S/C20H20N2O6/c1-26-14-7-6-13-15(28-20(25)18(13)19(14)27-2)10-17(24)22-12-5-3-4-11(8-12)9-16(21)23/h3-8,15H,9-10H2,1-2H3,(H2,21,23)(H,22,24). The summed E-state index contributed by atoms with van der Waals surface area (Å²) in [7, 11) is 2.91. The maximum absolute atomic E-state index is 12.4. The first-order chi connectivity index (χ1) is 13.4. The van der Waals surface area contributed by atoms with E-state index in [-0.39, 0.29) is 30.1 Å². The number of anilines is 1. The number of nitrogens with two attached hydrogens (primary N) is 1. The number of hydrogen-bond acceptors (Lipinski definition) is 6. The van der Waals surface area contributed by atoms with Crippen molar-refractivity contribution in [2.45, 2.75) is 18.9 Å². The van der Waals surface area contributed by atoms with E-state index in [4.69, 9.17) is 19.9 Å². The number of carbonyl (C=O) groups is 3. The molecule has 2 aromatic rings. The highest BCUT2D eigenvalue weighted by Gasteiger charge is 2.36. The van der Waals surface area contributed by atoms with Crippen LogP contribution in [0.2, 0.25) is 0 Å². The molecular formula is C20H20N2O6. The van der Waals surface area contributed by atoms with Crippen LogP contribution < -0.4 is 20.5 Å². The Morgan fingerprint density at radius 3 is 2.64 bits per heavy atom.